The van der Waals surface area contributed by atoms with Gasteiger partial charge in [0.2, 0.25) is 0 Å². The van der Waals surface area contributed by atoms with Crippen LogP contribution in [0.15, 0.2) is 36.4 Å². The zero-order valence-electron chi connectivity index (χ0n) is 19.6. The van der Waals surface area contributed by atoms with E-state index in [-0.39, 0.29) is 34.4 Å². The topological polar surface area (TPSA) is 141 Å². The molecule has 2 amide bonds. The highest BCUT2D eigenvalue weighted by atomic mass is 16.5. The summed E-state index contributed by atoms with van der Waals surface area (Å²) in [4.78, 5) is 24.5. The zero-order chi connectivity index (χ0) is 24.8. The minimum atomic E-state index is -0.368. The van der Waals surface area contributed by atoms with Gasteiger partial charge in [0.05, 0.1) is 24.3 Å². The summed E-state index contributed by atoms with van der Waals surface area (Å²) in [7, 11) is 0. The standard InChI is InChI=1S/C24H34N4O6/c1-3-33-17-5-7-21(29)19(15-17)23(31)27-13-11-25-9-10-26-12-14-28-24(32)20-16-18(34-4-2)6-8-22(20)30/h5-8,15-16,25-26,29-30H,3-4,9-14H2,1-2H3,(H,27,31)(H,28,32). The third-order valence-electron chi connectivity index (χ3n) is 4.70. The summed E-state index contributed by atoms with van der Waals surface area (Å²) in [5.41, 5.74) is 0.347. The van der Waals surface area contributed by atoms with E-state index in [0.717, 1.165) is 0 Å². The number of nitrogens with one attached hydrogen (secondary N) is 4. The summed E-state index contributed by atoms with van der Waals surface area (Å²) in [5.74, 6) is 0.133. The van der Waals surface area contributed by atoms with Crippen molar-refractivity contribution in [1.29, 1.82) is 0 Å². The molecule has 0 spiro atoms. The molecule has 0 atom stereocenters. The van der Waals surface area contributed by atoms with Crippen LogP contribution in [0.4, 0.5) is 0 Å². The van der Waals surface area contributed by atoms with E-state index in [4.69, 9.17) is 9.47 Å². The van der Waals surface area contributed by atoms with Gasteiger partial charge < -0.3 is 41.0 Å². The molecule has 0 aliphatic rings. The van der Waals surface area contributed by atoms with Gasteiger partial charge in [0.25, 0.3) is 11.8 Å². The highest BCUT2D eigenvalue weighted by Gasteiger charge is 2.13. The van der Waals surface area contributed by atoms with Crippen molar-refractivity contribution in [1.82, 2.24) is 21.3 Å². The zero-order valence-corrected chi connectivity index (χ0v) is 19.6. The lowest BCUT2D eigenvalue weighted by Gasteiger charge is -2.11. The van der Waals surface area contributed by atoms with Crippen LogP contribution in [0.5, 0.6) is 23.0 Å². The van der Waals surface area contributed by atoms with Crippen LogP contribution in [0.3, 0.4) is 0 Å². The number of aromatic hydroxyl groups is 2. The molecule has 0 aromatic heterocycles. The van der Waals surface area contributed by atoms with E-state index in [1.165, 1.54) is 24.3 Å². The highest BCUT2D eigenvalue weighted by Crippen LogP contribution is 2.23. The van der Waals surface area contributed by atoms with Crippen LogP contribution in [0.25, 0.3) is 0 Å². The third kappa shape index (κ3) is 8.80. The Balaban J connectivity index is 1.56. The molecule has 2 aromatic rings. The SMILES string of the molecule is CCOc1ccc(O)c(C(=O)NCCNCCNCCNC(=O)c2cc(OCC)ccc2O)c1. The van der Waals surface area contributed by atoms with Crippen molar-refractivity contribution in [2.24, 2.45) is 0 Å². The fraction of sp³-hybridized carbons (Fsp3) is 0.417. The lowest BCUT2D eigenvalue weighted by Crippen LogP contribution is -2.37. The average Bonchev–Trinajstić information content (AvgIpc) is 2.82. The summed E-state index contributed by atoms with van der Waals surface area (Å²) in [6.07, 6.45) is 0. The van der Waals surface area contributed by atoms with Gasteiger partial charge in [0, 0.05) is 39.3 Å². The minimum absolute atomic E-state index is 0.0950. The number of amides is 2. The molecule has 0 heterocycles. The molecule has 6 N–H and O–H groups in total. The predicted molar refractivity (Wildman–Crippen MR) is 129 cm³/mol. The van der Waals surface area contributed by atoms with E-state index in [1.807, 2.05) is 13.8 Å². The smallest absolute Gasteiger partial charge is 0.255 e. The van der Waals surface area contributed by atoms with Crippen LogP contribution >= 0.6 is 0 Å². The lowest BCUT2D eigenvalue weighted by atomic mass is 10.1. The van der Waals surface area contributed by atoms with Crippen LogP contribution in [0.2, 0.25) is 0 Å². The number of phenols is 2. The second-order valence-electron chi connectivity index (χ2n) is 7.24. The number of carbonyl (C=O) groups is 2. The molecule has 10 heteroatoms. The van der Waals surface area contributed by atoms with Crippen molar-refractivity contribution in [3.63, 3.8) is 0 Å². The second kappa shape index (κ2) is 14.6. The van der Waals surface area contributed by atoms with Gasteiger partial charge in [-0.2, -0.15) is 0 Å². The van der Waals surface area contributed by atoms with Gasteiger partial charge in [-0.05, 0) is 50.2 Å². The summed E-state index contributed by atoms with van der Waals surface area (Å²) >= 11 is 0. The predicted octanol–water partition coefficient (Wildman–Crippen LogP) is 1.23. The van der Waals surface area contributed by atoms with E-state index < -0.39 is 0 Å². The first-order chi connectivity index (χ1) is 16.5. The molecule has 2 rings (SSSR count). The molecule has 186 valence electrons. The average molecular weight is 475 g/mol. The molecule has 0 aliphatic carbocycles. The Morgan fingerprint density at radius 1 is 0.676 bits per heavy atom. The molecule has 0 saturated heterocycles. The largest absolute Gasteiger partial charge is 0.507 e. The first-order valence-electron chi connectivity index (χ1n) is 11.4. The Bertz CT molecular complexity index is 862. The van der Waals surface area contributed by atoms with Crippen molar-refractivity contribution >= 4 is 11.8 Å². The summed E-state index contributed by atoms with van der Waals surface area (Å²) in [5, 5.41) is 31.6. The van der Waals surface area contributed by atoms with Gasteiger partial charge in [0.1, 0.15) is 23.0 Å². The van der Waals surface area contributed by atoms with E-state index in [1.54, 1.807) is 12.1 Å². The summed E-state index contributed by atoms with van der Waals surface area (Å²) < 4.78 is 10.7. The molecule has 0 unspecified atom stereocenters. The number of hydrogen-bond donors (Lipinski definition) is 6. The van der Waals surface area contributed by atoms with Crippen molar-refractivity contribution in [3.8, 4) is 23.0 Å². The second-order valence-corrected chi connectivity index (χ2v) is 7.24. The first kappa shape index (κ1) is 26.7. The van der Waals surface area contributed by atoms with Crippen LogP contribution in [-0.2, 0) is 0 Å². The Morgan fingerprint density at radius 3 is 1.44 bits per heavy atom. The van der Waals surface area contributed by atoms with E-state index in [0.29, 0.717) is 64.0 Å². The Morgan fingerprint density at radius 2 is 1.06 bits per heavy atom. The molecule has 0 bridgehead atoms. The van der Waals surface area contributed by atoms with Crippen LogP contribution in [0.1, 0.15) is 34.6 Å². The number of ether oxygens (including phenoxy) is 2. The van der Waals surface area contributed by atoms with Gasteiger partial charge in [-0.25, -0.2) is 0 Å². The van der Waals surface area contributed by atoms with E-state index >= 15 is 0 Å². The maximum atomic E-state index is 12.2. The van der Waals surface area contributed by atoms with Crippen molar-refractivity contribution in [2.75, 3.05) is 52.5 Å². The molecule has 0 aliphatic heterocycles. The lowest BCUT2D eigenvalue weighted by molar-refractivity contribution is 0.0942. The monoisotopic (exact) mass is 474 g/mol. The maximum absolute atomic E-state index is 12.2. The number of carbonyl (C=O) groups excluding carboxylic acids is 2. The maximum Gasteiger partial charge on any atom is 0.255 e. The van der Waals surface area contributed by atoms with E-state index in [9.17, 15) is 19.8 Å². The highest BCUT2D eigenvalue weighted by molar-refractivity contribution is 5.97. The number of benzene rings is 2. The molecule has 0 fully saturated rings. The number of rotatable bonds is 15. The van der Waals surface area contributed by atoms with Crippen molar-refractivity contribution < 1.29 is 29.3 Å². The van der Waals surface area contributed by atoms with Crippen LogP contribution in [-0.4, -0.2) is 74.5 Å². The molecule has 34 heavy (non-hydrogen) atoms. The quantitative estimate of drug-likeness (QED) is 0.212. The number of hydrogen-bond acceptors (Lipinski definition) is 8. The molecule has 0 saturated carbocycles. The van der Waals surface area contributed by atoms with Gasteiger partial charge in [-0.3, -0.25) is 9.59 Å². The fourth-order valence-electron chi connectivity index (χ4n) is 3.05. The summed E-state index contributed by atoms with van der Waals surface area (Å²) in [6.45, 7) is 7.91. The Hall–Kier alpha value is -3.50. The molecule has 2 aromatic carbocycles. The molecule has 10 nitrogen and oxygen atoms in total. The van der Waals surface area contributed by atoms with Crippen LogP contribution < -0.4 is 30.7 Å². The fourth-order valence-corrected chi connectivity index (χ4v) is 3.05. The normalized spacial score (nSPS) is 10.5. The third-order valence-corrected chi connectivity index (χ3v) is 4.70. The molecular formula is C24H34N4O6. The van der Waals surface area contributed by atoms with Gasteiger partial charge in [-0.1, -0.05) is 0 Å². The van der Waals surface area contributed by atoms with Crippen LogP contribution in [0, 0.1) is 0 Å². The van der Waals surface area contributed by atoms with Crippen molar-refractivity contribution in [2.45, 2.75) is 13.8 Å². The van der Waals surface area contributed by atoms with Gasteiger partial charge in [-0.15, -0.1) is 0 Å². The van der Waals surface area contributed by atoms with Gasteiger partial charge >= 0.3 is 0 Å². The summed E-state index contributed by atoms with van der Waals surface area (Å²) in [6, 6.07) is 9.13. The van der Waals surface area contributed by atoms with E-state index in [2.05, 4.69) is 21.3 Å². The van der Waals surface area contributed by atoms with Gasteiger partial charge in [0.15, 0.2) is 0 Å². The minimum Gasteiger partial charge on any atom is -0.507 e. The Kier molecular flexibility index (Phi) is 11.5. The first-order valence-corrected chi connectivity index (χ1v) is 11.4. The van der Waals surface area contributed by atoms with Crippen molar-refractivity contribution in [3.05, 3.63) is 47.5 Å². The number of phenolic OH excluding ortho intramolecular Hbond substituents is 2. The molecular weight excluding hydrogens is 440 g/mol. The molecule has 0 radical (unpaired) electrons. The Labute approximate surface area is 199 Å².